The lowest BCUT2D eigenvalue weighted by Gasteiger charge is -2.39. The largest absolute Gasteiger partial charge is 0.505 e. The van der Waals surface area contributed by atoms with Gasteiger partial charge in [0, 0.05) is 35.1 Å². The molecule has 0 spiro atoms. The second kappa shape index (κ2) is 8.12. The first-order valence-electron chi connectivity index (χ1n) is 11.2. The van der Waals surface area contributed by atoms with Gasteiger partial charge in [-0.05, 0) is 46.4 Å². The van der Waals surface area contributed by atoms with Gasteiger partial charge in [0.2, 0.25) is 0 Å². The lowest BCUT2D eigenvalue weighted by Crippen LogP contribution is -2.40. The highest BCUT2D eigenvalue weighted by molar-refractivity contribution is 14.1. The molecule has 2 aromatic carbocycles. The smallest absolute Gasteiger partial charge is 0.352 e. The van der Waals surface area contributed by atoms with Crippen LogP contribution in [0.25, 0.3) is 5.69 Å². The molecule has 8 nitrogen and oxygen atoms in total. The molecule has 0 radical (unpaired) electrons. The molecular weight excluding hydrogens is 580 g/mol. The van der Waals surface area contributed by atoms with Crippen LogP contribution in [0, 0.1) is 5.82 Å². The first-order chi connectivity index (χ1) is 17.3. The zero-order valence-electron chi connectivity index (χ0n) is 18.5. The Bertz CT molecular complexity index is 1710. The van der Waals surface area contributed by atoms with Gasteiger partial charge in [0.15, 0.2) is 23.1 Å². The summed E-state index contributed by atoms with van der Waals surface area (Å²) < 4.78 is 18.3. The number of benzene rings is 2. The molecule has 1 N–H and O–H groups in total. The van der Waals surface area contributed by atoms with Crippen molar-refractivity contribution in [2.24, 2.45) is 0 Å². The van der Waals surface area contributed by atoms with Crippen molar-refractivity contribution in [1.29, 1.82) is 0 Å². The van der Waals surface area contributed by atoms with Crippen molar-refractivity contribution >= 4 is 34.2 Å². The van der Waals surface area contributed by atoms with Crippen LogP contribution < -0.4 is 11.4 Å². The summed E-state index contributed by atoms with van der Waals surface area (Å²) in [6.45, 7) is 0.0317. The van der Waals surface area contributed by atoms with Crippen LogP contribution >= 0.6 is 22.6 Å². The third-order valence-corrected chi connectivity index (χ3v) is 7.75. The number of rotatable bonds is 2. The molecule has 0 bridgehead atoms. The van der Waals surface area contributed by atoms with E-state index in [2.05, 4.69) is 0 Å². The molecule has 180 valence electrons. The molecule has 2 atom stereocenters. The van der Waals surface area contributed by atoms with E-state index in [9.17, 15) is 28.7 Å². The van der Waals surface area contributed by atoms with Crippen LogP contribution in [-0.4, -0.2) is 30.6 Å². The number of phenolic OH excluding ortho intramolecular Hbond substituents is 1. The summed E-state index contributed by atoms with van der Waals surface area (Å²) >= 11 is 1.80. The number of carbonyl (C=O) groups excluding carboxylic acids is 2. The summed E-state index contributed by atoms with van der Waals surface area (Å²) in [5.41, 5.74) is 0.309. The highest BCUT2D eigenvalue weighted by Crippen LogP contribution is 2.51. The summed E-state index contributed by atoms with van der Waals surface area (Å²) in [7, 11) is 0. The quantitative estimate of drug-likeness (QED) is 0.278. The average molecular weight is 597 g/mol. The molecule has 3 aromatic rings. The molecule has 10 heteroatoms. The fourth-order valence-corrected chi connectivity index (χ4v) is 5.96. The zero-order chi connectivity index (χ0) is 25.3. The Morgan fingerprint density at radius 3 is 2.47 bits per heavy atom. The molecule has 0 saturated heterocycles. The number of ketones is 2. The average Bonchev–Trinajstić information content (AvgIpc) is 3.13. The highest BCUT2D eigenvalue weighted by Gasteiger charge is 2.46. The summed E-state index contributed by atoms with van der Waals surface area (Å²) in [6, 6.07) is 11.7. The third kappa shape index (κ3) is 3.10. The van der Waals surface area contributed by atoms with Crippen LogP contribution in [0.15, 0.2) is 90.6 Å². The summed E-state index contributed by atoms with van der Waals surface area (Å²) in [5, 5.41) is 10.6. The maximum Gasteiger partial charge on any atom is 0.352 e. The van der Waals surface area contributed by atoms with E-state index in [0.717, 1.165) is 10.6 Å². The number of hydrogen-bond donors (Lipinski definition) is 1. The second-order valence-electron chi connectivity index (χ2n) is 8.78. The van der Waals surface area contributed by atoms with Gasteiger partial charge in [0.25, 0.3) is 0 Å². The van der Waals surface area contributed by atoms with Gasteiger partial charge in [0.05, 0.1) is 21.9 Å². The molecule has 1 aliphatic heterocycles. The van der Waals surface area contributed by atoms with E-state index in [-0.39, 0.29) is 44.8 Å². The number of aromatic nitrogens is 3. The molecular formula is C26H17FIN3O5. The highest BCUT2D eigenvalue weighted by atomic mass is 127. The molecule has 0 fully saturated rings. The molecule has 0 saturated carbocycles. The number of halogens is 2. The predicted octanol–water partition coefficient (Wildman–Crippen LogP) is 3.08. The van der Waals surface area contributed by atoms with Gasteiger partial charge in [-0.2, -0.15) is 0 Å². The molecule has 3 aliphatic rings. The maximum atomic E-state index is 14.4. The third-order valence-electron chi connectivity index (χ3n) is 6.94. The van der Waals surface area contributed by atoms with Crippen molar-refractivity contribution in [2.75, 3.05) is 0 Å². The van der Waals surface area contributed by atoms with Gasteiger partial charge in [-0.3, -0.25) is 9.59 Å². The minimum Gasteiger partial charge on any atom is -0.505 e. The number of carbonyl (C=O) groups is 2. The van der Waals surface area contributed by atoms with Gasteiger partial charge in [0.1, 0.15) is 0 Å². The Labute approximate surface area is 216 Å². The van der Waals surface area contributed by atoms with Crippen LogP contribution in [0.2, 0.25) is 0 Å². The Morgan fingerprint density at radius 2 is 1.72 bits per heavy atom. The van der Waals surface area contributed by atoms with Gasteiger partial charge < -0.3 is 5.11 Å². The van der Waals surface area contributed by atoms with Crippen LogP contribution in [0.4, 0.5) is 4.39 Å². The van der Waals surface area contributed by atoms with E-state index in [1.165, 1.54) is 27.6 Å². The van der Waals surface area contributed by atoms with E-state index in [1.54, 1.807) is 59.0 Å². The van der Waals surface area contributed by atoms with E-state index >= 15 is 0 Å². The van der Waals surface area contributed by atoms with Crippen LogP contribution in [0.1, 0.15) is 23.9 Å². The zero-order valence-corrected chi connectivity index (χ0v) is 20.7. The second-order valence-corrected chi connectivity index (χ2v) is 9.94. The van der Waals surface area contributed by atoms with Crippen LogP contribution in [-0.2, 0) is 16.1 Å². The van der Waals surface area contributed by atoms with Crippen molar-refractivity contribution in [3.05, 3.63) is 113 Å². The van der Waals surface area contributed by atoms with Crippen LogP contribution in [0.5, 0.6) is 5.75 Å². The molecule has 2 heterocycles. The van der Waals surface area contributed by atoms with Crippen molar-refractivity contribution in [3.63, 3.8) is 0 Å². The van der Waals surface area contributed by atoms with Gasteiger partial charge in [-0.1, -0.05) is 36.4 Å². The van der Waals surface area contributed by atoms with E-state index < -0.39 is 34.9 Å². The number of fused-ring (bicyclic) bond motifs is 3. The standard InChI is InChI=1S/C26H17FIN3O5/c27-17-8-4-7-15(23(17)33)21-14-9-10-29-25(35)30(13-5-2-1-3-6-13)26(36)31(29)19(14)11-16-20(32)12-18(28)24(34)22(16)21/h1-9,12,19,21,33H,10-11H2/t19-,21-/m1/s1. The Balaban J connectivity index is 1.61. The van der Waals surface area contributed by atoms with Crippen molar-refractivity contribution in [3.8, 4) is 11.4 Å². The minimum atomic E-state index is -0.958. The van der Waals surface area contributed by atoms with E-state index in [0.29, 0.717) is 11.3 Å². The van der Waals surface area contributed by atoms with Crippen molar-refractivity contribution in [2.45, 2.75) is 24.9 Å². The number of nitrogens with zero attached hydrogens (tertiary/aromatic N) is 3. The van der Waals surface area contributed by atoms with E-state index in [4.69, 9.17) is 0 Å². The molecule has 1 aromatic heterocycles. The minimum absolute atomic E-state index is 0.0108. The summed E-state index contributed by atoms with van der Waals surface area (Å²) in [4.78, 5) is 53.2. The van der Waals surface area contributed by atoms with E-state index in [1.807, 2.05) is 0 Å². The maximum absolute atomic E-state index is 14.4. The fourth-order valence-electron chi connectivity index (χ4n) is 5.39. The summed E-state index contributed by atoms with van der Waals surface area (Å²) in [6.07, 6.45) is 2.98. The first kappa shape index (κ1) is 22.7. The molecule has 0 unspecified atom stereocenters. The lowest BCUT2D eigenvalue weighted by molar-refractivity contribution is -0.115. The number of allylic oxidation sites excluding steroid dienone is 6. The van der Waals surface area contributed by atoms with Crippen molar-refractivity contribution < 1.29 is 19.1 Å². The molecule has 36 heavy (non-hydrogen) atoms. The Hall–Kier alpha value is -3.80. The fraction of sp³-hybridized carbons (Fsp3) is 0.154. The van der Waals surface area contributed by atoms with Crippen molar-refractivity contribution in [1.82, 2.24) is 13.9 Å². The van der Waals surface area contributed by atoms with Gasteiger partial charge in [-0.25, -0.2) is 27.9 Å². The monoisotopic (exact) mass is 597 g/mol. The number of phenols is 1. The molecule has 2 aliphatic carbocycles. The Morgan fingerprint density at radius 1 is 0.972 bits per heavy atom. The normalized spacial score (nSPS) is 20.9. The Kier molecular flexibility index (Phi) is 5.11. The topological polar surface area (TPSA) is 103 Å². The molecule has 0 amide bonds. The summed E-state index contributed by atoms with van der Waals surface area (Å²) in [5.74, 6) is -3.21. The van der Waals surface area contributed by atoms with Crippen LogP contribution in [0.3, 0.4) is 0 Å². The number of hydrogen-bond acceptors (Lipinski definition) is 5. The number of para-hydroxylation sites is 2. The number of Topliss-reactive ketones (excluding diaryl/α,β-unsaturated/α-hetero) is 1. The van der Waals surface area contributed by atoms with Gasteiger partial charge in [-0.15, -0.1) is 0 Å². The number of aromatic hydroxyl groups is 1. The lowest BCUT2D eigenvalue weighted by atomic mass is 9.68. The first-order valence-corrected chi connectivity index (χ1v) is 12.2. The molecule has 6 rings (SSSR count). The van der Waals surface area contributed by atoms with Gasteiger partial charge >= 0.3 is 11.4 Å². The SMILES string of the molecule is O=C1C=C(I)C(=O)C2=C1C[C@@H]1C(=CCn3c(=O)n(-c4ccccc4)c(=O)n31)[C@@H]2c1cccc(F)c1O. The predicted molar refractivity (Wildman–Crippen MR) is 136 cm³/mol.